The second kappa shape index (κ2) is 6.36. The van der Waals surface area contributed by atoms with E-state index >= 15 is 0 Å². The second-order valence-electron chi connectivity index (χ2n) is 5.45. The second-order valence-corrected chi connectivity index (χ2v) is 5.45. The standard InChI is InChI=1S/C20H17NO2/c1-14-3-2-4-18(13-14)21-20(23)17-7-5-15(6-8-17)16-9-11-19(22)12-10-16/h2-13,22H,1H3,(H,21,23). The number of anilines is 1. The van der Waals surface area contributed by atoms with Gasteiger partial charge in [0.25, 0.3) is 5.91 Å². The number of carbonyl (C=O) groups is 1. The van der Waals surface area contributed by atoms with Gasteiger partial charge in [-0.1, -0.05) is 36.4 Å². The number of aryl methyl sites for hydroxylation is 1. The van der Waals surface area contributed by atoms with E-state index < -0.39 is 0 Å². The molecule has 0 saturated heterocycles. The van der Waals surface area contributed by atoms with E-state index in [0.29, 0.717) is 5.56 Å². The van der Waals surface area contributed by atoms with Crippen LogP contribution in [0.15, 0.2) is 72.8 Å². The first-order chi connectivity index (χ1) is 11.1. The highest BCUT2D eigenvalue weighted by atomic mass is 16.3. The van der Waals surface area contributed by atoms with Crippen LogP contribution in [0.4, 0.5) is 5.69 Å². The van der Waals surface area contributed by atoms with Crippen molar-refractivity contribution >= 4 is 11.6 Å². The number of aromatic hydroxyl groups is 1. The van der Waals surface area contributed by atoms with Crippen LogP contribution in [0.2, 0.25) is 0 Å². The Morgan fingerprint density at radius 1 is 0.870 bits per heavy atom. The fourth-order valence-electron chi connectivity index (χ4n) is 2.39. The molecule has 1 amide bonds. The number of carbonyl (C=O) groups excluding carboxylic acids is 1. The molecule has 0 aliphatic rings. The average molecular weight is 303 g/mol. The Balaban J connectivity index is 1.76. The summed E-state index contributed by atoms with van der Waals surface area (Å²) in [4.78, 5) is 12.3. The molecule has 23 heavy (non-hydrogen) atoms. The lowest BCUT2D eigenvalue weighted by Crippen LogP contribution is -2.11. The van der Waals surface area contributed by atoms with E-state index in [1.54, 1.807) is 24.3 Å². The van der Waals surface area contributed by atoms with Gasteiger partial charge in [0.1, 0.15) is 5.75 Å². The summed E-state index contributed by atoms with van der Waals surface area (Å²) in [6.07, 6.45) is 0. The monoisotopic (exact) mass is 303 g/mol. The number of nitrogens with one attached hydrogen (secondary N) is 1. The first kappa shape index (κ1) is 14.9. The van der Waals surface area contributed by atoms with Gasteiger partial charge in [-0.05, 0) is 60.0 Å². The summed E-state index contributed by atoms with van der Waals surface area (Å²) in [5, 5.41) is 12.2. The molecule has 0 aliphatic heterocycles. The van der Waals surface area contributed by atoms with Crippen molar-refractivity contribution in [2.45, 2.75) is 6.92 Å². The highest BCUT2D eigenvalue weighted by Gasteiger charge is 2.06. The third kappa shape index (κ3) is 3.58. The molecule has 114 valence electrons. The summed E-state index contributed by atoms with van der Waals surface area (Å²) in [6.45, 7) is 1.99. The van der Waals surface area contributed by atoms with E-state index in [-0.39, 0.29) is 11.7 Å². The molecule has 0 radical (unpaired) electrons. The first-order valence-electron chi connectivity index (χ1n) is 7.39. The van der Waals surface area contributed by atoms with Crippen molar-refractivity contribution in [2.24, 2.45) is 0 Å². The molecule has 3 rings (SSSR count). The van der Waals surface area contributed by atoms with Crippen LogP contribution >= 0.6 is 0 Å². The van der Waals surface area contributed by atoms with Gasteiger partial charge in [0.15, 0.2) is 0 Å². The Morgan fingerprint density at radius 3 is 2.09 bits per heavy atom. The van der Waals surface area contributed by atoms with E-state index in [0.717, 1.165) is 22.4 Å². The predicted octanol–water partition coefficient (Wildman–Crippen LogP) is 4.62. The van der Waals surface area contributed by atoms with Crippen LogP contribution in [-0.4, -0.2) is 11.0 Å². The lowest BCUT2D eigenvalue weighted by molar-refractivity contribution is 0.102. The molecule has 3 aromatic carbocycles. The minimum atomic E-state index is -0.132. The van der Waals surface area contributed by atoms with Crippen molar-refractivity contribution in [3.05, 3.63) is 83.9 Å². The maximum Gasteiger partial charge on any atom is 0.255 e. The van der Waals surface area contributed by atoms with E-state index in [1.807, 2.05) is 55.5 Å². The van der Waals surface area contributed by atoms with Gasteiger partial charge in [-0.2, -0.15) is 0 Å². The number of benzene rings is 3. The summed E-state index contributed by atoms with van der Waals surface area (Å²) < 4.78 is 0. The molecular weight excluding hydrogens is 286 g/mol. The van der Waals surface area contributed by atoms with Gasteiger partial charge in [0.05, 0.1) is 0 Å². The van der Waals surface area contributed by atoms with Crippen molar-refractivity contribution < 1.29 is 9.90 Å². The third-order valence-corrected chi connectivity index (χ3v) is 3.62. The van der Waals surface area contributed by atoms with Crippen molar-refractivity contribution in [3.8, 4) is 16.9 Å². The average Bonchev–Trinajstić information content (AvgIpc) is 2.56. The normalized spacial score (nSPS) is 10.3. The van der Waals surface area contributed by atoms with E-state index in [9.17, 15) is 9.90 Å². The van der Waals surface area contributed by atoms with Gasteiger partial charge < -0.3 is 10.4 Å². The lowest BCUT2D eigenvalue weighted by Gasteiger charge is -2.07. The van der Waals surface area contributed by atoms with Crippen LogP contribution in [0, 0.1) is 6.92 Å². The van der Waals surface area contributed by atoms with Crippen molar-refractivity contribution in [2.75, 3.05) is 5.32 Å². The minimum Gasteiger partial charge on any atom is -0.508 e. The Labute approximate surface area is 135 Å². The molecule has 0 spiro atoms. The summed E-state index contributed by atoms with van der Waals surface area (Å²) in [5.74, 6) is 0.107. The minimum absolute atomic E-state index is 0.132. The van der Waals surface area contributed by atoms with E-state index in [1.165, 1.54) is 0 Å². The zero-order chi connectivity index (χ0) is 16.2. The van der Waals surface area contributed by atoms with Gasteiger partial charge in [-0.25, -0.2) is 0 Å². The summed E-state index contributed by atoms with van der Waals surface area (Å²) in [7, 11) is 0. The Morgan fingerprint density at radius 2 is 1.48 bits per heavy atom. The number of rotatable bonds is 3. The fourth-order valence-corrected chi connectivity index (χ4v) is 2.39. The molecule has 0 fully saturated rings. The zero-order valence-electron chi connectivity index (χ0n) is 12.8. The molecule has 0 unspecified atom stereocenters. The van der Waals surface area contributed by atoms with Crippen molar-refractivity contribution in [1.29, 1.82) is 0 Å². The number of amides is 1. The van der Waals surface area contributed by atoms with Gasteiger partial charge >= 0.3 is 0 Å². The highest BCUT2D eigenvalue weighted by Crippen LogP contribution is 2.22. The SMILES string of the molecule is Cc1cccc(NC(=O)c2ccc(-c3ccc(O)cc3)cc2)c1. The number of hydrogen-bond donors (Lipinski definition) is 2. The van der Waals surface area contributed by atoms with Gasteiger partial charge in [-0.15, -0.1) is 0 Å². The first-order valence-corrected chi connectivity index (χ1v) is 7.39. The molecule has 0 aromatic heterocycles. The molecule has 0 bridgehead atoms. The van der Waals surface area contributed by atoms with Crippen LogP contribution in [0.25, 0.3) is 11.1 Å². The quantitative estimate of drug-likeness (QED) is 0.741. The number of phenols is 1. The molecule has 3 aromatic rings. The Hall–Kier alpha value is -3.07. The van der Waals surface area contributed by atoms with Crippen LogP contribution in [-0.2, 0) is 0 Å². The van der Waals surface area contributed by atoms with Gasteiger partial charge in [0.2, 0.25) is 0 Å². The van der Waals surface area contributed by atoms with Crippen LogP contribution in [0.3, 0.4) is 0 Å². The predicted molar refractivity (Wildman–Crippen MR) is 92.7 cm³/mol. The van der Waals surface area contributed by atoms with Crippen LogP contribution in [0.5, 0.6) is 5.75 Å². The van der Waals surface area contributed by atoms with Gasteiger partial charge in [0, 0.05) is 11.3 Å². The molecule has 0 atom stereocenters. The maximum absolute atomic E-state index is 12.3. The smallest absolute Gasteiger partial charge is 0.255 e. The fraction of sp³-hybridized carbons (Fsp3) is 0.0500. The van der Waals surface area contributed by atoms with E-state index in [4.69, 9.17) is 0 Å². The van der Waals surface area contributed by atoms with Crippen molar-refractivity contribution in [1.82, 2.24) is 0 Å². The highest BCUT2D eigenvalue weighted by molar-refractivity contribution is 6.04. The third-order valence-electron chi connectivity index (χ3n) is 3.62. The number of phenolic OH excluding ortho intramolecular Hbond substituents is 1. The molecule has 0 heterocycles. The summed E-state index contributed by atoms with van der Waals surface area (Å²) >= 11 is 0. The van der Waals surface area contributed by atoms with Crippen molar-refractivity contribution in [3.63, 3.8) is 0 Å². The van der Waals surface area contributed by atoms with Gasteiger partial charge in [-0.3, -0.25) is 4.79 Å². The molecule has 3 heteroatoms. The summed E-state index contributed by atoms with van der Waals surface area (Å²) in [6, 6.07) is 22.1. The largest absolute Gasteiger partial charge is 0.508 e. The lowest BCUT2D eigenvalue weighted by atomic mass is 10.0. The zero-order valence-corrected chi connectivity index (χ0v) is 12.8. The topological polar surface area (TPSA) is 49.3 Å². The summed E-state index contributed by atoms with van der Waals surface area (Å²) in [5.41, 5.74) is 4.49. The molecule has 3 nitrogen and oxygen atoms in total. The molecule has 0 saturated carbocycles. The Kier molecular flexibility index (Phi) is 4.11. The number of hydrogen-bond acceptors (Lipinski definition) is 2. The molecule has 0 aliphatic carbocycles. The molecular formula is C20H17NO2. The maximum atomic E-state index is 12.3. The van der Waals surface area contributed by atoms with Crippen LogP contribution < -0.4 is 5.32 Å². The van der Waals surface area contributed by atoms with E-state index in [2.05, 4.69) is 5.32 Å². The Bertz CT molecular complexity index is 821. The molecule has 2 N–H and O–H groups in total. The van der Waals surface area contributed by atoms with Crippen LogP contribution in [0.1, 0.15) is 15.9 Å².